The molecule has 3 heteroatoms. The molecule has 0 radical (unpaired) electrons. The topological polar surface area (TPSA) is 32.3 Å². The van der Waals surface area contributed by atoms with Crippen LogP contribution in [0.4, 0.5) is 0 Å². The summed E-state index contributed by atoms with van der Waals surface area (Å²) in [6.45, 7) is 7.31. The van der Waals surface area contributed by atoms with Crippen LogP contribution >= 0.6 is 0 Å². The molecule has 1 amide bonds. The van der Waals surface area contributed by atoms with Gasteiger partial charge in [-0.3, -0.25) is 4.79 Å². The Balaban J connectivity index is 2.08. The van der Waals surface area contributed by atoms with Gasteiger partial charge < -0.3 is 10.2 Å². The lowest BCUT2D eigenvalue weighted by atomic mass is 9.89. The lowest BCUT2D eigenvalue weighted by Crippen LogP contribution is -2.33. The molecule has 1 heterocycles. The van der Waals surface area contributed by atoms with Gasteiger partial charge in [-0.1, -0.05) is 32.0 Å². The van der Waals surface area contributed by atoms with Gasteiger partial charge >= 0.3 is 0 Å². The highest BCUT2D eigenvalue weighted by atomic mass is 16.2. The number of benzene rings is 1. The third kappa shape index (κ3) is 4.33. The molecule has 0 spiro atoms. The second-order valence-corrected chi connectivity index (χ2v) is 6.74. The fourth-order valence-electron chi connectivity index (χ4n) is 3.37. The molecule has 0 saturated carbocycles. The first kappa shape index (κ1) is 17.0. The van der Waals surface area contributed by atoms with Gasteiger partial charge in [-0.25, -0.2) is 0 Å². The molecular weight excluding hydrogens is 272 g/mol. The Morgan fingerprint density at radius 1 is 1.27 bits per heavy atom. The predicted octanol–water partition coefficient (Wildman–Crippen LogP) is 3.35. The molecule has 1 aliphatic rings. The third-order valence-electron chi connectivity index (χ3n) is 4.89. The largest absolute Gasteiger partial charge is 0.339 e. The van der Waals surface area contributed by atoms with Crippen LogP contribution in [-0.2, 0) is 6.42 Å². The number of hydrogen-bond donors (Lipinski definition) is 1. The summed E-state index contributed by atoms with van der Waals surface area (Å²) >= 11 is 0. The first-order valence-corrected chi connectivity index (χ1v) is 8.65. The van der Waals surface area contributed by atoms with Gasteiger partial charge in [0.1, 0.15) is 0 Å². The summed E-state index contributed by atoms with van der Waals surface area (Å²) in [6, 6.07) is 8.07. The maximum atomic E-state index is 12.9. The normalized spacial score (nSPS) is 19.3. The van der Waals surface area contributed by atoms with Crippen molar-refractivity contribution < 1.29 is 4.79 Å². The zero-order valence-electron chi connectivity index (χ0n) is 14.3. The van der Waals surface area contributed by atoms with E-state index in [1.54, 1.807) is 0 Å². The van der Waals surface area contributed by atoms with Gasteiger partial charge in [0.2, 0.25) is 0 Å². The van der Waals surface area contributed by atoms with E-state index in [2.05, 4.69) is 30.1 Å². The van der Waals surface area contributed by atoms with Crippen LogP contribution in [0.2, 0.25) is 0 Å². The maximum Gasteiger partial charge on any atom is 0.254 e. The smallest absolute Gasteiger partial charge is 0.254 e. The van der Waals surface area contributed by atoms with Crippen molar-refractivity contribution in [2.75, 3.05) is 26.7 Å². The molecule has 0 aliphatic carbocycles. The SMILES string of the molecule is CNCCc1ccccc1C(=O)N1CCCC(C(C)C)CC1. The minimum absolute atomic E-state index is 0.219. The minimum atomic E-state index is 0.219. The second-order valence-electron chi connectivity index (χ2n) is 6.74. The molecule has 22 heavy (non-hydrogen) atoms. The highest BCUT2D eigenvalue weighted by molar-refractivity contribution is 5.95. The Kier molecular flexibility index (Phi) is 6.44. The van der Waals surface area contributed by atoms with E-state index in [4.69, 9.17) is 0 Å². The average molecular weight is 302 g/mol. The van der Waals surface area contributed by atoms with Crippen molar-refractivity contribution >= 4 is 5.91 Å². The van der Waals surface area contributed by atoms with Crippen LogP contribution in [-0.4, -0.2) is 37.5 Å². The summed E-state index contributed by atoms with van der Waals surface area (Å²) in [5, 5.41) is 3.17. The molecule has 1 atom stereocenters. The van der Waals surface area contributed by atoms with E-state index >= 15 is 0 Å². The minimum Gasteiger partial charge on any atom is -0.339 e. The van der Waals surface area contributed by atoms with Crippen molar-refractivity contribution in [1.82, 2.24) is 10.2 Å². The van der Waals surface area contributed by atoms with Crippen LogP contribution in [0.15, 0.2) is 24.3 Å². The molecule has 1 aromatic carbocycles. The predicted molar refractivity (Wildman–Crippen MR) is 92.2 cm³/mol. The van der Waals surface area contributed by atoms with Gasteiger partial charge in [-0.15, -0.1) is 0 Å². The van der Waals surface area contributed by atoms with Crippen LogP contribution in [0.5, 0.6) is 0 Å². The molecule has 1 N–H and O–H groups in total. The molecule has 3 nitrogen and oxygen atoms in total. The highest BCUT2D eigenvalue weighted by Crippen LogP contribution is 2.25. The van der Waals surface area contributed by atoms with Gasteiger partial charge in [0.15, 0.2) is 0 Å². The Bertz CT molecular complexity index is 484. The number of carbonyl (C=O) groups is 1. The number of rotatable bonds is 5. The zero-order chi connectivity index (χ0) is 15.9. The lowest BCUT2D eigenvalue weighted by molar-refractivity contribution is 0.0757. The molecule has 1 saturated heterocycles. The van der Waals surface area contributed by atoms with Crippen LogP contribution in [0, 0.1) is 11.8 Å². The summed E-state index contributed by atoms with van der Waals surface area (Å²) < 4.78 is 0. The van der Waals surface area contributed by atoms with E-state index in [1.807, 2.05) is 25.2 Å². The van der Waals surface area contributed by atoms with Crippen molar-refractivity contribution in [3.05, 3.63) is 35.4 Å². The molecule has 122 valence electrons. The number of carbonyl (C=O) groups excluding carboxylic acids is 1. The molecule has 0 bridgehead atoms. The average Bonchev–Trinajstić information content (AvgIpc) is 2.78. The third-order valence-corrected chi connectivity index (χ3v) is 4.89. The summed E-state index contributed by atoms with van der Waals surface area (Å²) in [5.41, 5.74) is 2.05. The first-order valence-electron chi connectivity index (χ1n) is 8.65. The van der Waals surface area contributed by atoms with E-state index < -0.39 is 0 Å². The van der Waals surface area contributed by atoms with Crippen LogP contribution < -0.4 is 5.32 Å². The van der Waals surface area contributed by atoms with E-state index in [9.17, 15) is 4.79 Å². The number of amides is 1. The van der Waals surface area contributed by atoms with Gasteiger partial charge in [-0.2, -0.15) is 0 Å². The van der Waals surface area contributed by atoms with Crippen molar-refractivity contribution in [2.45, 2.75) is 39.5 Å². The number of nitrogens with zero attached hydrogens (tertiary/aromatic N) is 1. The number of hydrogen-bond acceptors (Lipinski definition) is 2. The van der Waals surface area contributed by atoms with E-state index in [-0.39, 0.29) is 5.91 Å². The molecule has 1 aliphatic heterocycles. The second kappa shape index (κ2) is 8.33. The fraction of sp³-hybridized carbons (Fsp3) is 0.632. The van der Waals surface area contributed by atoms with Crippen molar-refractivity contribution in [3.8, 4) is 0 Å². The molecule has 1 unspecified atom stereocenters. The molecule has 1 aromatic rings. The monoisotopic (exact) mass is 302 g/mol. The summed E-state index contributed by atoms with van der Waals surface area (Å²) in [5.74, 6) is 1.70. The van der Waals surface area contributed by atoms with Gasteiger partial charge in [0.05, 0.1) is 0 Å². The lowest BCUT2D eigenvalue weighted by Gasteiger charge is -2.23. The van der Waals surface area contributed by atoms with Gasteiger partial charge in [-0.05, 0) is 62.7 Å². The zero-order valence-corrected chi connectivity index (χ0v) is 14.3. The Labute approximate surface area is 135 Å². The fourth-order valence-corrected chi connectivity index (χ4v) is 3.37. The first-order chi connectivity index (χ1) is 10.6. The van der Waals surface area contributed by atoms with E-state index in [0.29, 0.717) is 0 Å². The molecule has 2 rings (SSSR count). The van der Waals surface area contributed by atoms with Crippen molar-refractivity contribution in [3.63, 3.8) is 0 Å². The number of likely N-dealkylation sites (N-methyl/N-ethyl adjacent to an activating group) is 1. The van der Waals surface area contributed by atoms with E-state index in [1.165, 1.54) is 6.42 Å². The Morgan fingerprint density at radius 2 is 2.05 bits per heavy atom. The van der Waals surface area contributed by atoms with E-state index in [0.717, 1.165) is 61.9 Å². The summed E-state index contributed by atoms with van der Waals surface area (Å²) in [7, 11) is 1.95. The molecule has 0 aromatic heterocycles. The Morgan fingerprint density at radius 3 is 2.77 bits per heavy atom. The standard InChI is InChI=1S/C19H30N2O/c1-15(2)16-8-6-13-21(14-11-16)19(22)18-9-5-4-7-17(18)10-12-20-3/h4-5,7,9,15-16,20H,6,8,10-14H2,1-3H3. The van der Waals surface area contributed by atoms with Gasteiger partial charge in [0, 0.05) is 18.7 Å². The summed E-state index contributed by atoms with van der Waals surface area (Å²) in [6.07, 6.45) is 4.43. The maximum absolute atomic E-state index is 12.9. The van der Waals surface area contributed by atoms with Crippen molar-refractivity contribution in [1.29, 1.82) is 0 Å². The summed E-state index contributed by atoms with van der Waals surface area (Å²) in [4.78, 5) is 15.0. The number of likely N-dealkylation sites (tertiary alicyclic amines) is 1. The molecular formula is C19H30N2O. The molecule has 1 fully saturated rings. The van der Waals surface area contributed by atoms with Crippen LogP contribution in [0.25, 0.3) is 0 Å². The number of nitrogens with one attached hydrogen (secondary N) is 1. The van der Waals surface area contributed by atoms with Crippen LogP contribution in [0.1, 0.15) is 49.0 Å². The Hall–Kier alpha value is -1.35. The quantitative estimate of drug-likeness (QED) is 0.904. The highest BCUT2D eigenvalue weighted by Gasteiger charge is 2.24. The van der Waals surface area contributed by atoms with Crippen LogP contribution in [0.3, 0.4) is 0 Å². The van der Waals surface area contributed by atoms with Gasteiger partial charge in [0.25, 0.3) is 5.91 Å². The van der Waals surface area contributed by atoms with Crippen molar-refractivity contribution in [2.24, 2.45) is 11.8 Å².